The van der Waals surface area contributed by atoms with E-state index in [-0.39, 0.29) is 80.8 Å². The zero-order chi connectivity index (χ0) is 58.1. The zero-order valence-corrected chi connectivity index (χ0v) is 46.4. The Hall–Kier alpha value is -7.53. The maximum atomic E-state index is 14.7. The van der Waals surface area contributed by atoms with Crippen molar-refractivity contribution in [2.75, 3.05) is 19.6 Å². The number of primary amides is 1. The Labute approximate surface area is 450 Å². The van der Waals surface area contributed by atoms with E-state index in [1.165, 1.54) is 12.1 Å². The summed E-state index contributed by atoms with van der Waals surface area (Å²) in [7, 11) is 0. The molecule has 3 rings (SSSR count). The second-order valence-electron chi connectivity index (χ2n) is 22.7. The number of phenols is 2. The van der Waals surface area contributed by atoms with Crippen LogP contribution in [0.5, 0.6) is 11.5 Å². The molecule has 1 aliphatic heterocycles. The van der Waals surface area contributed by atoms with Crippen LogP contribution in [0.15, 0.2) is 36.4 Å². The van der Waals surface area contributed by atoms with Gasteiger partial charge in [-0.3, -0.25) is 24.0 Å². The molecule has 0 fully saturated rings. The molecule has 24 nitrogen and oxygen atoms in total. The summed E-state index contributed by atoms with van der Waals surface area (Å²) in [6, 6.07) is 2.21. The van der Waals surface area contributed by atoms with E-state index >= 15 is 0 Å². The summed E-state index contributed by atoms with van der Waals surface area (Å²) in [5.74, 6) is -4.92. The van der Waals surface area contributed by atoms with Gasteiger partial charge in [-0.05, 0) is 162 Å². The van der Waals surface area contributed by atoms with Gasteiger partial charge in [0, 0.05) is 44.9 Å². The van der Waals surface area contributed by atoms with Gasteiger partial charge in [-0.25, -0.2) is 19.2 Å². The van der Waals surface area contributed by atoms with Crippen LogP contribution >= 0.6 is 0 Å². The molecular formula is C53H81N9O15. The number of alkyl carbamates (subject to hydrolysis) is 4. The third kappa shape index (κ3) is 24.8. The maximum absolute atomic E-state index is 14.7. The van der Waals surface area contributed by atoms with Crippen LogP contribution in [0.4, 0.5) is 19.2 Å². The number of phenolic OH excluding ortho intramolecular Hbond substituents is 2. The van der Waals surface area contributed by atoms with Gasteiger partial charge < -0.3 is 77.4 Å². The zero-order valence-electron chi connectivity index (χ0n) is 46.4. The summed E-state index contributed by atoms with van der Waals surface area (Å²) in [5, 5.41) is 43.4. The largest absolute Gasteiger partial charge is 0.508 e. The number of nitrogens with two attached hydrogens (primary N) is 1. The monoisotopic (exact) mass is 1080 g/mol. The van der Waals surface area contributed by atoms with Gasteiger partial charge in [0.05, 0.1) is 0 Å². The summed E-state index contributed by atoms with van der Waals surface area (Å²) < 4.78 is 21.5. The summed E-state index contributed by atoms with van der Waals surface area (Å²) in [6.45, 7) is 19.9. The topological polar surface area (TPSA) is 353 Å². The van der Waals surface area contributed by atoms with Gasteiger partial charge in [-0.1, -0.05) is 12.1 Å². The van der Waals surface area contributed by atoms with Crippen molar-refractivity contribution in [2.45, 2.75) is 187 Å². The van der Waals surface area contributed by atoms with Crippen LogP contribution < -0.4 is 48.3 Å². The predicted molar refractivity (Wildman–Crippen MR) is 283 cm³/mol. The molecule has 1 heterocycles. The smallest absolute Gasteiger partial charge is 0.408 e. The first kappa shape index (κ1) is 63.8. The van der Waals surface area contributed by atoms with Crippen molar-refractivity contribution in [1.29, 1.82) is 0 Å². The molecule has 5 atom stereocenters. The SMILES string of the molecule is CC(C)(C)OC(=O)NCCC[C@@H](CNC(=O)[C@H](CCC(N)=O)NC(=O)[C@@H]1Cc2cc(ccc2O)-c2ccc(O)c(c2)C[C@H](NC(=O)OC(C)(C)C)C(=O)N[C@@H](CCCNC(=O)OC(C)(C)C)C(=O)N1)NC(=O)OC(C)(C)C. The quantitative estimate of drug-likeness (QED) is 0.0740. The molecular weight excluding hydrogens is 1000 g/mol. The lowest BCUT2D eigenvalue weighted by molar-refractivity contribution is -0.134. The van der Waals surface area contributed by atoms with E-state index in [2.05, 4.69) is 42.5 Å². The fraction of sp³-hybridized carbons (Fsp3) is 0.604. The highest BCUT2D eigenvalue weighted by molar-refractivity contribution is 5.96. The number of aromatic hydroxyl groups is 2. The number of ether oxygens (including phenoxy) is 4. The van der Waals surface area contributed by atoms with Crippen molar-refractivity contribution in [3.63, 3.8) is 0 Å². The lowest BCUT2D eigenvalue weighted by Crippen LogP contribution is -2.59. The molecule has 0 spiro atoms. The molecule has 0 radical (unpaired) electrons. The Bertz CT molecular complexity index is 2420. The Morgan fingerprint density at radius 2 is 1.12 bits per heavy atom. The molecule has 4 bridgehead atoms. The van der Waals surface area contributed by atoms with E-state index in [0.29, 0.717) is 17.5 Å². The average molecular weight is 1080 g/mol. The number of benzene rings is 2. The molecule has 77 heavy (non-hydrogen) atoms. The molecule has 9 amide bonds. The highest BCUT2D eigenvalue weighted by atomic mass is 16.6. The van der Waals surface area contributed by atoms with Gasteiger partial charge in [-0.2, -0.15) is 0 Å². The molecule has 2 aromatic rings. The van der Waals surface area contributed by atoms with Crippen molar-refractivity contribution >= 4 is 53.9 Å². The van der Waals surface area contributed by atoms with Crippen LogP contribution in [0.25, 0.3) is 11.1 Å². The van der Waals surface area contributed by atoms with Crippen molar-refractivity contribution < 1.29 is 72.3 Å². The second kappa shape index (κ2) is 28.0. The minimum atomic E-state index is -1.61. The van der Waals surface area contributed by atoms with Gasteiger partial charge in [0.1, 0.15) is 58.1 Å². The second-order valence-corrected chi connectivity index (χ2v) is 22.7. The van der Waals surface area contributed by atoms with E-state index in [1.54, 1.807) is 107 Å². The van der Waals surface area contributed by atoms with Crippen LogP contribution in [0.2, 0.25) is 0 Å². The fourth-order valence-electron chi connectivity index (χ4n) is 7.52. The Balaban J connectivity index is 2.07. The molecule has 2 aromatic carbocycles. The predicted octanol–water partition coefficient (Wildman–Crippen LogP) is 4.10. The number of hydrogen-bond donors (Lipinski definition) is 11. The molecule has 12 N–H and O–H groups in total. The third-order valence-corrected chi connectivity index (χ3v) is 10.9. The standard InChI is InChI=1S/C53H81N9O15/c1-50(2,3)74-46(70)55-23-13-15-34(58-48(72)76-52(7,8)9)29-57-42(66)36(19-22-41(54)65)60-44(68)37-27-32-25-30(17-20-39(32)63)31-18-21-40(64)33(26-31)28-38(62-49(73)77-53(10,11)12)45(69)59-35(43(67)61-37)16-14-24-56-47(71)75-51(4,5)6/h17-18,20-21,25-26,34-38,63-64H,13-16,19,22-24,27-29H2,1-12H3,(H2,54,65)(H,55,70)(H,56,71)(H,57,66)(H,58,72)(H,59,69)(H,60,68)(H,61,67)(H,62,73)/t34-,35-,36-,37-,38-/m0/s1. The molecule has 1 aliphatic rings. The Kier molecular flexibility index (Phi) is 23.2. The van der Waals surface area contributed by atoms with Crippen molar-refractivity contribution in [2.24, 2.45) is 5.73 Å². The van der Waals surface area contributed by atoms with Crippen LogP contribution in [0.1, 0.15) is 133 Å². The molecule has 0 saturated heterocycles. The third-order valence-electron chi connectivity index (χ3n) is 10.9. The van der Waals surface area contributed by atoms with Crippen molar-refractivity contribution in [3.05, 3.63) is 47.5 Å². The lowest BCUT2D eigenvalue weighted by Gasteiger charge is -2.28. The van der Waals surface area contributed by atoms with Gasteiger partial charge in [0.2, 0.25) is 29.5 Å². The minimum absolute atomic E-state index is 0.0346. The van der Waals surface area contributed by atoms with Gasteiger partial charge in [0.15, 0.2) is 0 Å². The first-order valence-electron chi connectivity index (χ1n) is 25.6. The molecule has 0 unspecified atom stereocenters. The van der Waals surface area contributed by atoms with Crippen LogP contribution in [-0.2, 0) is 55.8 Å². The number of carbonyl (C=O) groups excluding carboxylic acids is 9. The number of hydrogen-bond acceptors (Lipinski definition) is 15. The first-order valence-corrected chi connectivity index (χ1v) is 25.6. The lowest BCUT2D eigenvalue weighted by atomic mass is 9.95. The number of rotatable bonds is 18. The first-order chi connectivity index (χ1) is 35.6. The van der Waals surface area contributed by atoms with E-state index in [9.17, 15) is 53.4 Å². The van der Waals surface area contributed by atoms with Crippen molar-refractivity contribution in [3.8, 4) is 22.6 Å². The van der Waals surface area contributed by atoms with Gasteiger partial charge in [-0.15, -0.1) is 0 Å². The molecule has 428 valence electrons. The maximum Gasteiger partial charge on any atom is 0.408 e. The highest BCUT2D eigenvalue weighted by Crippen LogP contribution is 2.31. The van der Waals surface area contributed by atoms with Gasteiger partial charge in [0.25, 0.3) is 0 Å². The molecule has 0 aliphatic carbocycles. The normalized spacial score (nSPS) is 17.0. The molecule has 24 heteroatoms. The minimum Gasteiger partial charge on any atom is -0.508 e. The van der Waals surface area contributed by atoms with Crippen molar-refractivity contribution in [1.82, 2.24) is 42.5 Å². The Morgan fingerprint density at radius 3 is 1.64 bits per heavy atom. The number of fused-ring (bicyclic) bond motifs is 5. The fourth-order valence-corrected chi connectivity index (χ4v) is 7.52. The number of carbonyl (C=O) groups is 9. The molecule has 0 aromatic heterocycles. The summed E-state index contributed by atoms with van der Waals surface area (Å²) >= 11 is 0. The van der Waals surface area contributed by atoms with Crippen LogP contribution in [-0.4, -0.2) is 136 Å². The summed E-state index contributed by atoms with van der Waals surface area (Å²) in [5.41, 5.74) is 3.42. The molecule has 0 saturated carbocycles. The van der Waals surface area contributed by atoms with E-state index in [4.69, 9.17) is 24.7 Å². The highest BCUT2D eigenvalue weighted by Gasteiger charge is 2.34. The average Bonchev–Trinajstić information content (AvgIpc) is 3.27. The Morgan fingerprint density at radius 1 is 0.623 bits per heavy atom. The number of amides is 9. The van der Waals surface area contributed by atoms with E-state index in [1.807, 2.05) is 0 Å². The summed E-state index contributed by atoms with van der Waals surface area (Å²) in [6.07, 6.45) is -4.16. The summed E-state index contributed by atoms with van der Waals surface area (Å²) in [4.78, 5) is 121. The van der Waals surface area contributed by atoms with Crippen LogP contribution in [0, 0.1) is 0 Å². The van der Waals surface area contributed by atoms with E-state index in [0.717, 1.165) is 0 Å². The van der Waals surface area contributed by atoms with Crippen LogP contribution in [0.3, 0.4) is 0 Å². The van der Waals surface area contributed by atoms with E-state index < -0.39 is 113 Å². The van der Waals surface area contributed by atoms with Gasteiger partial charge >= 0.3 is 24.4 Å². The number of nitrogens with one attached hydrogen (secondary N) is 8.